The Morgan fingerprint density at radius 1 is 1.27 bits per heavy atom. The average molecular weight is 210 g/mol. The fraction of sp³-hybridized carbons (Fsp3) is 1.00. The molecule has 1 heterocycles. The van der Waals surface area contributed by atoms with Crippen molar-refractivity contribution in [1.29, 1.82) is 0 Å². The summed E-state index contributed by atoms with van der Waals surface area (Å²) in [5.74, 6) is 0.817. The summed E-state index contributed by atoms with van der Waals surface area (Å²) >= 11 is 0. The molecule has 1 saturated heterocycles. The van der Waals surface area contributed by atoms with Gasteiger partial charge in [-0.25, -0.2) is 0 Å². The molecule has 2 aliphatic rings. The first-order valence-electron chi connectivity index (χ1n) is 6.69. The predicted octanol–water partition coefficient (Wildman–Crippen LogP) is 2.38. The van der Waals surface area contributed by atoms with Gasteiger partial charge in [0.2, 0.25) is 0 Å². The van der Waals surface area contributed by atoms with Crippen molar-refractivity contribution < 1.29 is 0 Å². The number of likely N-dealkylation sites (tertiary alicyclic amines) is 1. The lowest BCUT2D eigenvalue weighted by Crippen LogP contribution is -2.59. The van der Waals surface area contributed by atoms with Gasteiger partial charge in [0, 0.05) is 11.6 Å². The molecule has 0 aromatic heterocycles. The van der Waals surface area contributed by atoms with Crippen LogP contribution < -0.4 is 5.73 Å². The number of hydrogen-bond donors (Lipinski definition) is 1. The summed E-state index contributed by atoms with van der Waals surface area (Å²) in [7, 11) is 0. The van der Waals surface area contributed by atoms with E-state index in [9.17, 15) is 0 Å². The van der Waals surface area contributed by atoms with Crippen LogP contribution in [0.1, 0.15) is 52.4 Å². The third kappa shape index (κ3) is 2.21. The van der Waals surface area contributed by atoms with Crippen molar-refractivity contribution in [3.05, 3.63) is 0 Å². The lowest BCUT2D eigenvalue weighted by molar-refractivity contribution is 0.0484. The minimum Gasteiger partial charge on any atom is -0.326 e. The Bertz CT molecular complexity index is 207. The summed E-state index contributed by atoms with van der Waals surface area (Å²) in [6, 6.07) is 0.403. The first-order valence-corrected chi connectivity index (χ1v) is 6.69. The second-order valence-electron chi connectivity index (χ2n) is 5.62. The van der Waals surface area contributed by atoms with Gasteiger partial charge in [-0.15, -0.1) is 0 Å². The standard InChI is InChI=1S/C13H26N2/c1-3-13(2,12(14)11-7-8-11)15-9-5-4-6-10-15/h11-12H,3-10,14H2,1-2H3. The zero-order valence-corrected chi connectivity index (χ0v) is 10.3. The third-order valence-electron chi connectivity index (χ3n) is 4.64. The molecule has 2 atom stereocenters. The fourth-order valence-corrected chi connectivity index (χ4v) is 3.04. The maximum Gasteiger partial charge on any atom is 0.0332 e. The predicted molar refractivity (Wildman–Crippen MR) is 64.8 cm³/mol. The van der Waals surface area contributed by atoms with Gasteiger partial charge in [-0.3, -0.25) is 4.90 Å². The van der Waals surface area contributed by atoms with E-state index >= 15 is 0 Å². The summed E-state index contributed by atoms with van der Waals surface area (Å²) in [5.41, 5.74) is 6.72. The molecule has 88 valence electrons. The molecular formula is C13H26N2. The molecule has 1 aliphatic carbocycles. The molecule has 2 unspecified atom stereocenters. The van der Waals surface area contributed by atoms with Crippen LogP contribution in [-0.2, 0) is 0 Å². The van der Waals surface area contributed by atoms with E-state index in [4.69, 9.17) is 5.73 Å². The van der Waals surface area contributed by atoms with Crippen molar-refractivity contribution in [3.63, 3.8) is 0 Å². The maximum atomic E-state index is 6.46. The summed E-state index contributed by atoms with van der Waals surface area (Å²) in [6.45, 7) is 7.23. The Hall–Kier alpha value is -0.0800. The third-order valence-corrected chi connectivity index (χ3v) is 4.64. The number of nitrogens with zero attached hydrogens (tertiary/aromatic N) is 1. The van der Waals surface area contributed by atoms with E-state index in [-0.39, 0.29) is 5.54 Å². The van der Waals surface area contributed by atoms with Gasteiger partial charge >= 0.3 is 0 Å². The van der Waals surface area contributed by atoms with Crippen LogP contribution in [0, 0.1) is 5.92 Å². The topological polar surface area (TPSA) is 29.3 Å². The van der Waals surface area contributed by atoms with Gasteiger partial charge < -0.3 is 5.73 Å². The van der Waals surface area contributed by atoms with Crippen molar-refractivity contribution in [2.75, 3.05) is 13.1 Å². The van der Waals surface area contributed by atoms with Crippen LogP contribution in [0.5, 0.6) is 0 Å². The Morgan fingerprint density at radius 2 is 1.87 bits per heavy atom. The quantitative estimate of drug-likeness (QED) is 0.772. The van der Waals surface area contributed by atoms with Crippen LogP contribution in [0.2, 0.25) is 0 Å². The Kier molecular flexibility index (Phi) is 3.36. The highest BCUT2D eigenvalue weighted by molar-refractivity contribution is 5.02. The van der Waals surface area contributed by atoms with E-state index in [1.807, 2.05) is 0 Å². The molecule has 2 fully saturated rings. The summed E-state index contributed by atoms with van der Waals surface area (Å²) < 4.78 is 0. The second kappa shape index (κ2) is 4.42. The van der Waals surface area contributed by atoms with Crippen molar-refractivity contribution in [2.24, 2.45) is 11.7 Å². The number of hydrogen-bond acceptors (Lipinski definition) is 2. The maximum absolute atomic E-state index is 6.46. The SMILES string of the molecule is CCC(C)(C(N)C1CC1)N1CCCCC1. The van der Waals surface area contributed by atoms with E-state index in [2.05, 4.69) is 18.7 Å². The molecule has 0 radical (unpaired) electrons. The molecule has 2 heteroatoms. The molecule has 0 aromatic rings. The molecule has 2 rings (SSSR count). The van der Waals surface area contributed by atoms with Gasteiger partial charge in [-0.1, -0.05) is 13.3 Å². The molecule has 0 amide bonds. The monoisotopic (exact) mass is 210 g/mol. The molecular weight excluding hydrogens is 184 g/mol. The lowest BCUT2D eigenvalue weighted by atomic mass is 9.83. The molecule has 2 N–H and O–H groups in total. The van der Waals surface area contributed by atoms with Crippen molar-refractivity contribution in [2.45, 2.75) is 64.0 Å². The zero-order chi connectivity index (χ0) is 10.9. The Labute approximate surface area is 94.2 Å². The van der Waals surface area contributed by atoms with Crippen LogP contribution in [0.4, 0.5) is 0 Å². The van der Waals surface area contributed by atoms with Gasteiger partial charge in [0.1, 0.15) is 0 Å². The highest BCUT2D eigenvalue weighted by Gasteiger charge is 2.43. The zero-order valence-electron chi connectivity index (χ0n) is 10.3. The van der Waals surface area contributed by atoms with E-state index in [0.717, 1.165) is 5.92 Å². The van der Waals surface area contributed by atoms with E-state index in [0.29, 0.717) is 6.04 Å². The highest BCUT2D eigenvalue weighted by Crippen LogP contribution is 2.40. The van der Waals surface area contributed by atoms with Gasteiger partial charge in [0.15, 0.2) is 0 Å². The molecule has 2 nitrogen and oxygen atoms in total. The lowest BCUT2D eigenvalue weighted by Gasteiger charge is -2.47. The summed E-state index contributed by atoms with van der Waals surface area (Å²) in [6.07, 6.45) is 8.08. The van der Waals surface area contributed by atoms with E-state index in [1.165, 1.54) is 51.6 Å². The van der Waals surface area contributed by atoms with Gasteiger partial charge in [0.25, 0.3) is 0 Å². The molecule has 15 heavy (non-hydrogen) atoms. The van der Waals surface area contributed by atoms with E-state index in [1.54, 1.807) is 0 Å². The van der Waals surface area contributed by atoms with Crippen molar-refractivity contribution in [3.8, 4) is 0 Å². The number of rotatable bonds is 4. The van der Waals surface area contributed by atoms with Gasteiger partial charge in [-0.05, 0) is 58.0 Å². The van der Waals surface area contributed by atoms with Crippen molar-refractivity contribution >= 4 is 0 Å². The summed E-state index contributed by atoms with van der Waals surface area (Å²) in [4.78, 5) is 2.67. The van der Waals surface area contributed by atoms with Crippen LogP contribution in [-0.4, -0.2) is 29.6 Å². The minimum atomic E-state index is 0.265. The first kappa shape index (κ1) is 11.4. The molecule has 1 saturated carbocycles. The van der Waals surface area contributed by atoms with Crippen LogP contribution in [0.25, 0.3) is 0 Å². The molecule has 0 bridgehead atoms. The van der Waals surface area contributed by atoms with Crippen LogP contribution in [0.15, 0.2) is 0 Å². The average Bonchev–Trinajstić information content (AvgIpc) is 3.12. The Balaban J connectivity index is 2.03. The molecule has 1 aliphatic heterocycles. The van der Waals surface area contributed by atoms with Crippen LogP contribution in [0.3, 0.4) is 0 Å². The molecule has 0 spiro atoms. The summed E-state index contributed by atoms with van der Waals surface area (Å²) in [5, 5.41) is 0. The normalized spacial score (nSPS) is 29.8. The first-order chi connectivity index (χ1) is 7.18. The fourth-order valence-electron chi connectivity index (χ4n) is 3.04. The Morgan fingerprint density at radius 3 is 2.33 bits per heavy atom. The smallest absolute Gasteiger partial charge is 0.0332 e. The van der Waals surface area contributed by atoms with Crippen molar-refractivity contribution in [1.82, 2.24) is 4.90 Å². The van der Waals surface area contributed by atoms with Gasteiger partial charge in [0.05, 0.1) is 0 Å². The minimum absolute atomic E-state index is 0.265. The number of nitrogens with two attached hydrogens (primary N) is 1. The molecule has 0 aromatic carbocycles. The highest BCUT2D eigenvalue weighted by atomic mass is 15.2. The largest absolute Gasteiger partial charge is 0.326 e. The van der Waals surface area contributed by atoms with Gasteiger partial charge in [-0.2, -0.15) is 0 Å². The van der Waals surface area contributed by atoms with E-state index < -0.39 is 0 Å². The van der Waals surface area contributed by atoms with Crippen LogP contribution >= 0.6 is 0 Å². The number of piperidine rings is 1. The second-order valence-corrected chi connectivity index (χ2v) is 5.62.